The van der Waals surface area contributed by atoms with Crippen LogP contribution in [0.1, 0.15) is 13.3 Å². The van der Waals surface area contributed by atoms with Gasteiger partial charge in [0.25, 0.3) is 0 Å². The molecule has 0 unspecified atom stereocenters. The maximum absolute atomic E-state index is 12.2. The molecule has 4 N–H and O–H groups in total. The molecule has 6 nitrogen and oxygen atoms in total. The van der Waals surface area contributed by atoms with Gasteiger partial charge in [-0.1, -0.05) is 15.9 Å². The van der Waals surface area contributed by atoms with Crippen LogP contribution >= 0.6 is 31.9 Å². The summed E-state index contributed by atoms with van der Waals surface area (Å²) in [6.07, 6.45) is 0.0706. The smallest absolute Gasteiger partial charge is 0.243 e. The summed E-state index contributed by atoms with van der Waals surface area (Å²) in [5.41, 5.74) is 5.85. The lowest BCUT2D eigenvalue weighted by molar-refractivity contribution is -0.120. The molecule has 0 heterocycles. The minimum absolute atomic E-state index is 0.0100. The molecule has 0 aliphatic heterocycles. The molecular weight excluding hydrogens is 414 g/mol. The van der Waals surface area contributed by atoms with Gasteiger partial charge in [-0.15, -0.1) is 0 Å². The number of rotatable bonds is 6. The van der Waals surface area contributed by atoms with Gasteiger partial charge in [0.15, 0.2) is 0 Å². The van der Waals surface area contributed by atoms with Gasteiger partial charge in [-0.25, -0.2) is 13.1 Å². The largest absolute Gasteiger partial charge is 0.398 e. The Bertz CT molecular complexity index is 582. The van der Waals surface area contributed by atoms with Crippen molar-refractivity contribution < 1.29 is 13.2 Å². The highest BCUT2D eigenvalue weighted by Gasteiger charge is 2.21. The molecular formula is C11H15Br2N3O3S. The van der Waals surface area contributed by atoms with Crippen LogP contribution in [0.15, 0.2) is 26.0 Å². The molecule has 0 radical (unpaired) electrons. The van der Waals surface area contributed by atoms with Crippen LogP contribution in [0.5, 0.6) is 0 Å². The van der Waals surface area contributed by atoms with E-state index in [1.54, 1.807) is 13.0 Å². The van der Waals surface area contributed by atoms with E-state index in [1.807, 2.05) is 0 Å². The Morgan fingerprint density at radius 2 is 2.00 bits per heavy atom. The van der Waals surface area contributed by atoms with Crippen LogP contribution in [-0.4, -0.2) is 27.4 Å². The molecule has 0 saturated heterocycles. The standard InChI is InChI=1S/C11H15Br2N3O3S/c1-2-15-10(17)3-4-16-20(18,19)11-8(13)5-7(12)6-9(11)14/h5-6,16H,2-4,14H2,1H3,(H,15,17). The molecule has 0 aromatic heterocycles. The molecule has 112 valence electrons. The second-order valence-corrected chi connectivity index (χ2v) is 7.38. The number of hydrogen-bond acceptors (Lipinski definition) is 4. The summed E-state index contributed by atoms with van der Waals surface area (Å²) in [6, 6.07) is 3.10. The SMILES string of the molecule is CCNC(=O)CCNS(=O)(=O)c1c(N)cc(Br)cc1Br. The van der Waals surface area contributed by atoms with E-state index in [0.717, 1.165) is 0 Å². The first-order valence-corrected chi connectivity index (χ1v) is 8.85. The Morgan fingerprint density at radius 3 is 2.55 bits per heavy atom. The lowest BCUT2D eigenvalue weighted by Crippen LogP contribution is -2.31. The molecule has 0 aliphatic rings. The van der Waals surface area contributed by atoms with Gasteiger partial charge in [-0.05, 0) is 35.0 Å². The number of anilines is 1. The van der Waals surface area contributed by atoms with E-state index in [-0.39, 0.29) is 29.5 Å². The van der Waals surface area contributed by atoms with Gasteiger partial charge in [0, 0.05) is 28.5 Å². The summed E-state index contributed by atoms with van der Waals surface area (Å²) in [4.78, 5) is 11.2. The fourth-order valence-corrected chi connectivity index (χ4v) is 4.62. The second-order valence-electron chi connectivity index (χ2n) is 3.91. The first kappa shape index (κ1) is 17.4. The van der Waals surface area contributed by atoms with E-state index in [1.165, 1.54) is 6.07 Å². The summed E-state index contributed by atoms with van der Waals surface area (Å²) >= 11 is 6.40. The van der Waals surface area contributed by atoms with E-state index >= 15 is 0 Å². The van der Waals surface area contributed by atoms with Crippen molar-refractivity contribution in [3.63, 3.8) is 0 Å². The van der Waals surface area contributed by atoms with Crippen molar-refractivity contribution in [2.24, 2.45) is 0 Å². The molecule has 0 fully saturated rings. The van der Waals surface area contributed by atoms with E-state index in [2.05, 4.69) is 41.9 Å². The Morgan fingerprint density at radius 1 is 1.35 bits per heavy atom. The third kappa shape index (κ3) is 4.72. The predicted octanol–water partition coefficient (Wildman–Crippen LogP) is 1.60. The number of halogens is 2. The minimum atomic E-state index is -3.77. The minimum Gasteiger partial charge on any atom is -0.398 e. The summed E-state index contributed by atoms with van der Waals surface area (Å²) in [5.74, 6) is -0.210. The number of amides is 1. The van der Waals surface area contributed by atoms with Gasteiger partial charge < -0.3 is 11.1 Å². The zero-order valence-electron chi connectivity index (χ0n) is 10.7. The van der Waals surface area contributed by atoms with Crippen LogP contribution in [-0.2, 0) is 14.8 Å². The number of nitrogen functional groups attached to an aromatic ring is 1. The second kappa shape index (κ2) is 7.39. The average molecular weight is 429 g/mol. The quantitative estimate of drug-likeness (QED) is 0.599. The Balaban J connectivity index is 2.82. The molecule has 0 bridgehead atoms. The van der Waals surface area contributed by atoms with Crippen molar-refractivity contribution in [3.05, 3.63) is 21.1 Å². The highest BCUT2D eigenvalue weighted by Crippen LogP contribution is 2.31. The maximum Gasteiger partial charge on any atom is 0.243 e. The summed E-state index contributed by atoms with van der Waals surface area (Å²) < 4.78 is 27.7. The Hall–Kier alpha value is -0.640. The number of sulfonamides is 1. The summed E-state index contributed by atoms with van der Waals surface area (Å²) in [7, 11) is -3.77. The van der Waals surface area contributed by atoms with Crippen molar-refractivity contribution in [3.8, 4) is 0 Å². The van der Waals surface area contributed by atoms with Crippen molar-refractivity contribution in [1.82, 2.24) is 10.0 Å². The van der Waals surface area contributed by atoms with Crippen LogP contribution in [0.3, 0.4) is 0 Å². The topological polar surface area (TPSA) is 101 Å². The van der Waals surface area contributed by atoms with Crippen LogP contribution in [0, 0.1) is 0 Å². The number of carbonyl (C=O) groups excluding carboxylic acids is 1. The van der Waals surface area contributed by atoms with Crippen molar-refractivity contribution in [2.45, 2.75) is 18.2 Å². The first-order chi connectivity index (χ1) is 9.27. The number of carbonyl (C=O) groups is 1. The number of nitrogens with one attached hydrogen (secondary N) is 2. The normalized spacial score (nSPS) is 11.3. The third-order valence-corrected chi connectivity index (χ3v) is 5.25. The van der Waals surface area contributed by atoms with Crippen LogP contribution in [0.25, 0.3) is 0 Å². The molecule has 1 aromatic rings. The predicted molar refractivity (Wildman–Crippen MR) is 84.7 cm³/mol. The molecule has 0 atom stereocenters. The van der Waals surface area contributed by atoms with Gasteiger partial charge in [0.1, 0.15) is 4.90 Å². The van der Waals surface area contributed by atoms with Crippen LogP contribution in [0.2, 0.25) is 0 Å². The zero-order chi connectivity index (χ0) is 15.3. The summed E-state index contributed by atoms with van der Waals surface area (Å²) in [6.45, 7) is 2.31. The van der Waals surface area contributed by atoms with Crippen molar-refractivity contribution in [2.75, 3.05) is 18.8 Å². The summed E-state index contributed by atoms with van der Waals surface area (Å²) in [5, 5.41) is 2.59. The van der Waals surface area contributed by atoms with Gasteiger partial charge in [0.2, 0.25) is 15.9 Å². The molecule has 0 saturated carbocycles. The lowest BCUT2D eigenvalue weighted by Gasteiger charge is -2.11. The van der Waals surface area contributed by atoms with Gasteiger partial charge in [-0.3, -0.25) is 4.79 Å². The molecule has 1 rings (SSSR count). The third-order valence-electron chi connectivity index (χ3n) is 2.32. The molecule has 0 spiro atoms. The first-order valence-electron chi connectivity index (χ1n) is 5.78. The van der Waals surface area contributed by atoms with E-state index in [4.69, 9.17) is 5.73 Å². The van der Waals surface area contributed by atoms with Crippen molar-refractivity contribution >= 4 is 53.5 Å². The Labute approximate surface area is 134 Å². The van der Waals surface area contributed by atoms with Crippen molar-refractivity contribution in [1.29, 1.82) is 0 Å². The highest BCUT2D eigenvalue weighted by atomic mass is 79.9. The monoisotopic (exact) mass is 427 g/mol. The molecule has 1 aromatic carbocycles. The number of benzene rings is 1. The fourth-order valence-electron chi connectivity index (χ4n) is 1.52. The van der Waals surface area contributed by atoms with E-state index in [9.17, 15) is 13.2 Å². The fraction of sp³-hybridized carbons (Fsp3) is 0.364. The maximum atomic E-state index is 12.2. The van der Waals surface area contributed by atoms with E-state index < -0.39 is 10.0 Å². The molecule has 9 heteroatoms. The molecule has 0 aliphatic carbocycles. The van der Waals surface area contributed by atoms with E-state index in [0.29, 0.717) is 15.5 Å². The van der Waals surface area contributed by atoms with Gasteiger partial charge in [0.05, 0.1) is 5.69 Å². The zero-order valence-corrected chi connectivity index (χ0v) is 14.7. The van der Waals surface area contributed by atoms with Crippen LogP contribution in [0.4, 0.5) is 5.69 Å². The van der Waals surface area contributed by atoms with Gasteiger partial charge in [-0.2, -0.15) is 0 Å². The Kier molecular flexibility index (Phi) is 6.44. The van der Waals surface area contributed by atoms with Gasteiger partial charge >= 0.3 is 0 Å². The highest BCUT2D eigenvalue weighted by molar-refractivity contribution is 9.11. The average Bonchev–Trinajstić information content (AvgIpc) is 2.26. The number of nitrogens with two attached hydrogens (primary N) is 1. The number of hydrogen-bond donors (Lipinski definition) is 3. The van der Waals surface area contributed by atoms with Crippen LogP contribution < -0.4 is 15.8 Å². The lowest BCUT2D eigenvalue weighted by atomic mass is 10.3. The molecule has 20 heavy (non-hydrogen) atoms. The molecule has 1 amide bonds.